The normalized spacial score (nSPS) is 14.2. The molecule has 8 nitrogen and oxygen atoms in total. The fourth-order valence-corrected chi connectivity index (χ4v) is 5.37. The molecule has 1 fully saturated rings. The molecule has 4 aromatic rings. The van der Waals surface area contributed by atoms with E-state index in [1.807, 2.05) is 0 Å². The first-order chi connectivity index (χ1) is 18.5. The van der Waals surface area contributed by atoms with E-state index in [4.69, 9.17) is 4.42 Å². The van der Waals surface area contributed by atoms with Crippen molar-refractivity contribution in [2.75, 3.05) is 13.1 Å². The Balaban J connectivity index is 1.27. The first-order valence-electron chi connectivity index (χ1n) is 11.9. The van der Waals surface area contributed by atoms with E-state index >= 15 is 0 Å². The van der Waals surface area contributed by atoms with E-state index in [1.54, 1.807) is 12.1 Å². The molecule has 0 aliphatic heterocycles. The molecule has 3 aromatic heterocycles. The van der Waals surface area contributed by atoms with Crippen LogP contribution in [0.3, 0.4) is 0 Å². The molecule has 204 valence electrons. The van der Waals surface area contributed by atoms with Gasteiger partial charge in [0.2, 0.25) is 11.0 Å². The molecule has 1 aliphatic rings. The van der Waals surface area contributed by atoms with Crippen LogP contribution in [-0.4, -0.2) is 41.7 Å². The summed E-state index contributed by atoms with van der Waals surface area (Å²) >= 11 is 0. The van der Waals surface area contributed by atoms with Crippen LogP contribution in [0.25, 0.3) is 22.2 Å². The number of hydrogen-bond acceptors (Lipinski definition) is 6. The summed E-state index contributed by atoms with van der Waals surface area (Å²) in [7, 11) is -4.19. The molecule has 0 radical (unpaired) electrons. The molecule has 39 heavy (non-hydrogen) atoms. The predicted octanol–water partition coefficient (Wildman–Crippen LogP) is 4.76. The largest absolute Gasteiger partial charge is 0.443 e. The lowest BCUT2D eigenvalue weighted by atomic mass is 10.1. The number of rotatable bonds is 9. The fourth-order valence-electron chi connectivity index (χ4n) is 3.95. The van der Waals surface area contributed by atoms with Crippen LogP contribution in [0.4, 0.5) is 17.6 Å². The van der Waals surface area contributed by atoms with Gasteiger partial charge in [0.15, 0.2) is 0 Å². The minimum atomic E-state index is -4.50. The van der Waals surface area contributed by atoms with E-state index < -0.39 is 40.0 Å². The van der Waals surface area contributed by atoms with E-state index in [-0.39, 0.29) is 35.1 Å². The average Bonchev–Trinajstić information content (AvgIpc) is 3.62. The number of nitrogens with one attached hydrogen (secondary N) is 1. The first kappa shape index (κ1) is 26.8. The number of sulfonamides is 1. The standard InChI is InChI=1S/C26H22F4N4O4S/c27-20-4-6-23-18(9-20)11-25(38-23)39(36,37)34(14-16-1-2-16)15-24(35)33-13-21-10-17(7-8-31-21)22-5-3-19(12-32-22)26(28,29)30/h3-12,16H,1-2,13-15H2,(H,33,35). The van der Waals surface area contributed by atoms with E-state index in [1.165, 1.54) is 24.4 Å². The van der Waals surface area contributed by atoms with Crippen molar-refractivity contribution in [2.24, 2.45) is 5.92 Å². The number of amides is 1. The van der Waals surface area contributed by atoms with E-state index in [0.717, 1.165) is 41.5 Å². The highest BCUT2D eigenvalue weighted by Crippen LogP contribution is 2.33. The van der Waals surface area contributed by atoms with Gasteiger partial charge in [0.25, 0.3) is 10.0 Å². The Hall–Kier alpha value is -3.84. The Morgan fingerprint density at radius 1 is 1.08 bits per heavy atom. The van der Waals surface area contributed by atoms with Crippen LogP contribution in [0.1, 0.15) is 24.1 Å². The van der Waals surface area contributed by atoms with Gasteiger partial charge in [-0.05, 0) is 61.2 Å². The molecule has 1 aromatic carbocycles. The number of nitrogens with zero attached hydrogens (tertiary/aromatic N) is 3. The van der Waals surface area contributed by atoms with Crippen LogP contribution < -0.4 is 5.32 Å². The van der Waals surface area contributed by atoms with Crippen molar-refractivity contribution in [1.29, 1.82) is 0 Å². The zero-order chi connectivity index (χ0) is 27.8. The van der Waals surface area contributed by atoms with E-state index in [2.05, 4.69) is 15.3 Å². The molecule has 0 unspecified atom stereocenters. The quantitative estimate of drug-likeness (QED) is 0.295. The lowest BCUT2D eigenvalue weighted by molar-refractivity contribution is -0.137. The van der Waals surface area contributed by atoms with Gasteiger partial charge in [0.05, 0.1) is 30.0 Å². The van der Waals surface area contributed by atoms with E-state index in [0.29, 0.717) is 17.0 Å². The highest BCUT2D eigenvalue weighted by molar-refractivity contribution is 7.89. The van der Waals surface area contributed by atoms with Crippen LogP contribution in [-0.2, 0) is 27.5 Å². The van der Waals surface area contributed by atoms with Crippen molar-refractivity contribution in [1.82, 2.24) is 19.6 Å². The third-order valence-electron chi connectivity index (χ3n) is 6.20. The number of benzene rings is 1. The fraction of sp³-hybridized carbons (Fsp3) is 0.269. The number of hydrogen-bond donors (Lipinski definition) is 1. The Morgan fingerprint density at radius 3 is 2.56 bits per heavy atom. The van der Waals surface area contributed by atoms with Crippen LogP contribution in [0.15, 0.2) is 70.4 Å². The molecular weight excluding hydrogens is 540 g/mol. The number of carbonyl (C=O) groups excluding carboxylic acids is 1. The Bertz CT molecular complexity index is 1620. The summed E-state index contributed by atoms with van der Waals surface area (Å²) < 4.78 is 85.1. The molecule has 3 heterocycles. The molecular formula is C26H22F4N4O4S. The Morgan fingerprint density at radius 2 is 1.87 bits per heavy atom. The average molecular weight is 563 g/mol. The molecule has 0 spiro atoms. The first-order valence-corrected chi connectivity index (χ1v) is 13.4. The van der Waals surface area contributed by atoms with Gasteiger partial charge in [-0.25, -0.2) is 12.8 Å². The maximum absolute atomic E-state index is 13.6. The van der Waals surface area contributed by atoms with Crippen molar-refractivity contribution in [3.05, 3.63) is 78.0 Å². The third-order valence-corrected chi connectivity index (χ3v) is 7.87. The Kier molecular flexibility index (Phi) is 7.12. The number of alkyl halides is 3. The molecule has 0 saturated heterocycles. The summed E-state index contributed by atoms with van der Waals surface area (Å²) in [5.74, 6) is -0.988. The molecule has 1 saturated carbocycles. The van der Waals surface area contributed by atoms with Gasteiger partial charge < -0.3 is 9.73 Å². The number of aromatic nitrogens is 2. The van der Waals surface area contributed by atoms with Crippen LogP contribution in [0.5, 0.6) is 0 Å². The van der Waals surface area contributed by atoms with Crippen molar-refractivity contribution >= 4 is 26.9 Å². The number of fused-ring (bicyclic) bond motifs is 1. The van der Waals surface area contributed by atoms with Gasteiger partial charge in [-0.3, -0.25) is 14.8 Å². The lowest BCUT2D eigenvalue weighted by Gasteiger charge is -2.20. The zero-order valence-corrected chi connectivity index (χ0v) is 21.1. The van der Waals surface area contributed by atoms with Gasteiger partial charge in [0.1, 0.15) is 11.4 Å². The maximum Gasteiger partial charge on any atom is 0.417 e. The van der Waals surface area contributed by atoms with Gasteiger partial charge in [-0.15, -0.1) is 0 Å². The molecule has 5 rings (SSSR count). The Labute approximate surface area is 220 Å². The number of halogens is 4. The van der Waals surface area contributed by atoms with Crippen molar-refractivity contribution in [2.45, 2.75) is 30.7 Å². The molecule has 1 aliphatic carbocycles. The van der Waals surface area contributed by atoms with Crippen molar-refractivity contribution < 1.29 is 35.2 Å². The molecule has 1 N–H and O–H groups in total. The summed E-state index contributed by atoms with van der Waals surface area (Å²) in [4.78, 5) is 20.8. The molecule has 1 amide bonds. The lowest BCUT2D eigenvalue weighted by Crippen LogP contribution is -2.41. The van der Waals surface area contributed by atoms with Gasteiger partial charge in [-0.1, -0.05) is 0 Å². The van der Waals surface area contributed by atoms with Gasteiger partial charge >= 0.3 is 6.18 Å². The number of carbonyl (C=O) groups is 1. The topological polar surface area (TPSA) is 105 Å². The molecule has 0 atom stereocenters. The second-order valence-electron chi connectivity index (χ2n) is 9.23. The predicted molar refractivity (Wildman–Crippen MR) is 132 cm³/mol. The second-order valence-corrected chi connectivity index (χ2v) is 11.1. The highest BCUT2D eigenvalue weighted by atomic mass is 32.2. The minimum Gasteiger partial charge on any atom is -0.443 e. The second kappa shape index (κ2) is 10.4. The molecule has 0 bridgehead atoms. The minimum absolute atomic E-state index is 0.0471. The van der Waals surface area contributed by atoms with Crippen LogP contribution >= 0.6 is 0 Å². The summed E-state index contributed by atoms with van der Waals surface area (Å²) in [6.07, 6.45) is -0.640. The van der Waals surface area contributed by atoms with Crippen LogP contribution in [0, 0.1) is 11.7 Å². The summed E-state index contributed by atoms with van der Waals surface area (Å²) in [6.45, 7) is -0.382. The maximum atomic E-state index is 13.6. The number of furan rings is 1. The summed E-state index contributed by atoms with van der Waals surface area (Å²) in [5.41, 5.74) is 0.540. The van der Waals surface area contributed by atoms with Gasteiger partial charge in [0, 0.05) is 36.0 Å². The summed E-state index contributed by atoms with van der Waals surface area (Å²) in [5, 5.41) is 2.54. The summed E-state index contributed by atoms with van der Waals surface area (Å²) in [6, 6.07) is 10.2. The van der Waals surface area contributed by atoms with Gasteiger partial charge in [-0.2, -0.15) is 17.5 Å². The third kappa shape index (κ3) is 6.25. The monoisotopic (exact) mass is 562 g/mol. The highest BCUT2D eigenvalue weighted by Gasteiger charge is 2.35. The van der Waals surface area contributed by atoms with E-state index in [9.17, 15) is 30.8 Å². The number of pyridine rings is 2. The smallest absolute Gasteiger partial charge is 0.417 e. The SMILES string of the molecule is O=C(CN(CC1CC1)S(=O)(=O)c1cc2cc(F)ccc2o1)NCc1cc(-c2ccc(C(F)(F)F)cn2)ccn1. The van der Waals surface area contributed by atoms with Crippen molar-refractivity contribution in [3.8, 4) is 11.3 Å². The molecule has 13 heteroatoms. The van der Waals surface area contributed by atoms with Crippen molar-refractivity contribution in [3.63, 3.8) is 0 Å². The van der Waals surface area contributed by atoms with Crippen LogP contribution in [0.2, 0.25) is 0 Å². The zero-order valence-electron chi connectivity index (χ0n) is 20.3.